The Balaban J connectivity index is 1.68. The summed E-state index contributed by atoms with van der Waals surface area (Å²) in [6, 6.07) is 7.15. The Labute approximate surface area is 134 Å². The first-order chi connectivity index (χ1) is 11.2. The van der Waals surface area contributed by atoms with Crippen LogP contribution in [0.2, 0.25) is 0 Å². The van der Waals surface area contributed by atoms with Gasteiger partial charge in [-0.1, -0.05) is 12.8 Å². The molecule has 1 aliphatic rings. The van der Waals surface area contributed by atoms with Crippen LogP contribution in [-0.4, -0.2) is 33.9 Å². The number of hydrogen-bond acceptors (Lipinski definition) is 5. The Morgan fingerprint density at radius 2 is 2.00 bits per heavy atom. The molecule has 1 heterocycles. The summed E-state index contributed by atoms with van der Waals surface area (Å²) in [6.45, 7) is 1.86. The number of nitrogens with zero attached hydrogens (tertiary/aromatic N) is 2. The SMILES string of the molecule is Cc1nnc(-c2ccc(C(=O)NC3CCCCC3CO)cc2)o1. The van der Waals surface area contributed by atoms with Crippen molar-refractivity contribution < 1.29 is 14.3 Å². The monoisotopic (exact) mass is 315 g/mol. The van der Waals surface area contributed by atoms with Crippen molar-refractivity contribution in [2.45, 2.75) is 38.6 Å². The lowest BCUT2D eigenvalue weighted by molar-refractivity contribution is 0.0872. The summed E-state index contributed by atoms with van der Waals surface area (Å²) in [4.78, 5) is 12.4. The highest BCUT2D eigenvalue weighted by molar-refractivity contribution is 5.94. The van der Waals surface area contributed by atoms with E-state index in [-0.39, 0.29) is 24.5 Å². The van der Waals surface area contributed by atoms with Crippen LogP contribution in [0.25, 0.3) is 11.5 Å². The highest BCUT2D eigenvalue weighted by atomic mass is 16.4. The number of nitrogens with one attached hydrogen (secondary N) is 1. The fraction of sp³-hybridized carbons (Fsp3) is 0.471. The first-order valence-electron chi connectivity index (χ1n) is 7.99. The van der Waals surface area contributed by atoms with Crippen molar-refractivity contribution in [2.24, 2.45) is 5.92 Å². The van der Waals surface area contributed by atoms with Crippen LogP contribution in [0.1, 0.15) is 41.9 Å². The molecule has 2 aromatic rings. The molecule has 1 aromatic heterocycles. The zero-order valence-corrected chi connectivity index (χ0v) is 13.2. The Hall–Kier alpha value is -2.21. The van der Waals surface area contributed by atoms with Gasteiger partial charge in [0.15, 0.2) is 0 Å². The third-order valence-electron chi connectivity index (χ3n) is 4.38. The molecule has 23 heavy (non-hydrogen) atoms. The molecule has 1 amide bonds. The molecule has 1 saturated carbocycles. The minimum atomic E-state index is -0.108. The average molecular weight is 315 g/mol. The number of carbonyl (C=O) groups excluding carboxylic acids is 1. The summed E-state index contributed by atoms with van der Waals surface area (Å²) in [6.07, 6.45) is 4.11. The molecular formula is C17H21N3O3. The molecular weight excluding hydrogens is 294 g/mol. The van der Waals surface area contributed by atoms with Gasteiger partial charge in [0, 0.05) is 36.6 Å². The van der Waals surface area contributed by atoms with Crippen molar-refractivity contribution in [3.8, 4) is 11.5 Å². The predicted octanol–water partition coefficient (Wildman–Crippen LogP) is 2.33. The second-order valence-corrected chi connectivity index (χ2v) is 6.01. The molecule has 3 rings (SSSR count). The Bertz CT molecular complexity index is 666. The molecule has 1 aliphatic carbocycles. The van der Waals surface area contributed by atoms with Crippen LogP contribution in [0.15, 0.2) is 28.7 Å². The lowest BCUT2D eigenvalue weighted by Crippen LogP contribution is -2.43. The molecule has 1 fully saturated rings. The lowest BCUT2D eigenvalue weighted by atomic mass is 9.85. The third kappa shape index (κ3) is 3.59. The van der Waals surface area contributed by atoms with E-state index in [0.29, 0.717) is 17.3 Å². The molecule has 0 saturated heterocycles. The molecule has 122 valence electrons. The number of aliphatic hydroxyl groups excluding tert-OH is 1. The fourth-order valence-electron chi connectivity index (χ4n) is 3.05. The first-order valence-corrected chi connectivity index (χ1v) is 7.99. The molecule has 0 radical (unpaired) electrons. The van der Waals surface area contributed by atoms with Gasteiger partial charge in [-0.3, -0.25) is 4.79 Å². The topological polar surface area (TPSA) is 88.2 Å². The van der Waals surface area contributed by atoms with Gasteiger partial charge in [0.05, 0.1) is 0 Å². The molecule has 6 nitrogen and oxygen atoms in total. The first kappa shape index (κ1) is 15.7. The van der Waals surface area contributed by atoms with Gasteiger partial charge in [-0.15, -0.1) is 10.2 Å². The van der Waals surface area contributed by atoms with Gasteiger partial charge in [0.2, 0.25) is 11.8 Å². The standard InChI is InChI=1S/C17H21N3O3/c1-11-19-20-17(23-11)13-8-6-12(7-9-13)16(22)18-15-5-3-2-4-14(15)10-21/h6-9,14-15,21H,2-5,10H2,1H3,(H,18,22). The van der Waals surface area contributed by atoms with E-state index in [0.717, 1.165) is 31.2 Å². The van der Waals surface area contributed by atoms with Crippen molar-refractivity contribution in [3.05, 3.63) is 35.7 Å². The molecule has 0 bridgehead atoms. The molecule has 2 atom stereocenters. The average Bonchev–Trinajstić information content (AvgIpc) is 3.02. The van der Waals surface area contributed by atoms with Crippen molar-refractivity contribution in [1.82, 2.24) is 15.5 Å². The van der Waals surface area contributed by atoms with E-state index < -0.39 is 0 Å². The molecule has 0 spiro atoms. The van der Waals surface area contributed by atoms with Crippen LogP contribution >= 0.6 is 0 Å². The van der Waals surface area contributed by atoms with E-state index in [4.69, 9.17) is 4.42 Å². The highest BCUT2D eigenvalue weighted by Crippen LogP contribution is 2.24. The maximum absolute atomic E-state index is 12.4. The number of carbonyl (C=O) groups is 1. The predicted molar refractivity (Wildman–Crippen MR) is 84.8 cm³/mol. The van der Waals surface area contributed by atoms with Gasteiger partial charge in [0.1, 0.15) is 0 Å². The summed E-state index contributed by atoms with van der Waals surface area (Å²) < 4.78 is 5.37. The van der Waals surface area contributed by atoms with Crippen LogP contribution in [0, 0.1) is 12.8 Å². The van der Waals surface area contributed by atoms with Crippen molar-refractivity contribution in [3.63, 3.8) is 0 Å². The molecule has 1 aromatic carbocycles. The zero-order valence-electron chi connectivity index (χ0n) is 13.2. The Morgan fingerprint density at radius 1 is 1.26 bits per heavy atom. The van der Waals surface area contributed by atoms with E-state index in [2.05, 4.69) is 15.5 Å². The van der Waals surface area contributed by atoms with Gasteiger partial charge >= 0.3 is 0 Å². The number of rotatable bonds is 4. The number of hydrogen-bond donors (Lipinski definition) is 2. The maximum atomic E-state index is 12.4. The summed E-state index contributed by atoms with van der Waals surface area (Å²) in [5.41, 5.74) is 1.38. The molecule has 0 aliphatic heterocycles. The second kappa shape index (κ2) is 6.91. The van der Waals surface area contributed by atoms with Crippen LogP contribution in [-0.2, 0) is 0 Å². The largest absolute Gasteiger partial charge is 0.421 e. The van der Waals surface area contributed by atoms with Crippen LogP contribution in [0.5, 0.6) is 0 Å². The van der Waals surface area contributed by atoms with Gasteiger partial charge in [-0.05, 0) is 37.1 Å². The molecule has 2 unspecified atom stereocenters. The number of aliphatic hydroxyl groups is 1. The summed E-state index contributed by atoms with van der Waals surface area (Å²) >= 11 is 0. The molecule has 2 N–H and O–H groups in total. The number of aryl methyl sites for hydroxylation is 1. The summed E-state index contributed by atoms with van der Waals surface area (Å²) in [5, 5.41) is 20.2. The highest BCUT2D eigenvalue weighted by Gasteiger charge is 2.26. The summed E-state index contributed by atoms with van der Waals surface area (Å²) in [7, 11) is 0. The van der Waals surface area contributed by atoms with Crippen molar-refractivity contribution in [2.75, 3.05) is 6.61 Å². The van der Waals surface area contributed by atoms with Crippen LogP contribution in [0.3, 0.4) is 0 Å². The second-order valence-electron chi connectivity index (χ2n) is 6.01. The van der Waals surface area contributed by atoms with E-state index in [1.165, 1.54) is 0 Å². The number of amides is 1. The van der Waals surface area contributed by atoms with Gasteiger partial charge in [-0.2, -0.15) is 0 Å². The minimum Gasteiger partial charge on any atom is -0.421 e. The fourth-order valence-corrected chi connectivity index (χ4v) is 3.05. The third-order valence-corrected chi connectivity index (χ3v) is 4.38. The smallest absolute Gasteiger partial charge is 0.251 e. The normalized spacial score (nSPS) is 21.1. The van der Waals surface area contributed by atoms with Crippen LogP contribution < -0.4 is 5.32 Å². The number of benzene rings is 1. The Morgan fingerprint density at radius 3 is 2.65 bits per heavy atom. The number of aromatic nitrogens is 2. The van der Waals surface area contributed by atoms with Crippen molar-refractivity contribution >= 4 is 5.91 Å². The quantitative estimate of drug-likeness (QED) is 0.904. The maximum Gasteiger partial charge on any atom is 0.251 e. The van der Waals surface area contributed by atoms with E-state index in [1.807, 2.05) is 0 Å². The Kier molecular flexibility index (Phi) is 4.71. The van der Waals surface area contributed by atoms with E-state index >= 15 is 0 Å². The zero-order chi connectivity index (χ0) is 16.2. The van der Waals surface area contributed by atoms with Crippen LogP contribution in [0.4, 0.5) is 0 Å². The summed E-state index contributed by atoms with van der Waals surface area (Å²) in [5.74, 6) is 1.01. The molecule has 6 heteroatoms. The van der Waals surface area contributed by atoms with Gasteiger partial charge in [0.25, 0.3) is 5.91 Å². The van der Waals surface area contributed by atoms with E-state index in [9.17, 15) is 9.90 Å². The van der Waals surface area contributed by atoms with E-state index in [1.54, 1.807) is 31.2 Å². The van der Waals surface area contributed by atoms with Gasteiger partial charge < -0.3 is 14.8 Å². The van der Waals surface area contributed by atoms with Crippen molar-refractivity contribution in [1.29, 1.82) is 0 Å². The minimum absolute atomic E-state index is 0.0551. The van der Waals surface area contributed by atoms with Gasteiger partial charge in [-0.25, -0.2) is 0 Å². The lowest BCUT2D eigenvalue weighted by Gasteiger charge is -2.30.